The van der Waals surface area contributed by atoms with Crippen molar-refractivity contribution in [3.8, 4) is 11.1 Å². The number of alkyl halides is 1. The van der Waals surface area contributed by atoms with Gasteiger partial charge in [0.15, 0.2) is 5.82 Å². The number of nitrogen functional groups attached to an aromatic ring is 1. The van der Waals surface area contributed by atoms with Gasteiger partial charge < -0.3 is 11.1 Å². The molecule has 3 unspecified atom stereocenters. The number of benzene rings is 3. The average molecular weight is 552 g/mol. The molecule has 3 aromatic rings. The van der Waals surface area contributed by atoms with Gasteiger partial charge in [-0.25, -0.2) is 8.78 Å². The van der Waals surface area contributed by atoms with Crippen molar-refractivity contribution < 1.29 is 8.78 Å². The standard InChI is InChI=1S/C26H23BrCl2F2N2/c1-12-9-15(10-19(27)13(12)2)23-22(26(23,4)29)14(3)33-16-5-7-20(28)18(11-16)17-6-8-21(30)25(32)24(17)31/h5-11,22-23,33H,3,32H2,1-2,4H3. The summed E-state index contributed by atoms with van der Waals surface area (Å²) in [6.07, 6.45) is 0. The number of nitrogens with one attached hydrogen (secondary N) is 1. The second-order valence-electron chi connectivity index (χ2n) is 8.72. The first-order valence-electron chi connectivity index (χ1n) is 10.4. The van der Waals surface area contributed by atoms with Gasteiger partial charge in [0.25, 0.3) is 0 Å². The van der Waals surface area contributed by atoms with Gasteiger partial charge >= 0.3 is 0 Å². The van der Waals surface area contributed by atoms with E-state index in [4.69, 9.17) is 28.9 Å². The predicted octanol–water partition coefficient (Wildman–Crippen LogP) is 8.58. The Hall–Kier alpha value is -2.08. The Morgan fingerprint density at radius 2 is 1.82 bits per heavy atom. The SMILES string of the molecule is C=C(Nc1ccc(Cl)c(-c2ccc(F)c(N)c2F)c1)C1C(c2cc(C)c(C)c(Br)c2)C1(C)Cl. The van der Waals surface area contributed by atoms with Gasteiger partial charge in [-0.05, 0) is 73.9 Å². The maximum absolute atomic E-state index is 14.6. The molecule has 0 aliphatic heterocycles. The van der Waals surface area contributed by atoms with E-state index in [0.717, 1.165) is 21.8 Å². The van der Waals surface area contributed by atoms with Crippen molar-refractivity contribution >= 4 is 50.5 Å². The minimum atomic E-state index is -0.844. The van der Waals surface area contributed by atoms with Crippen LogP contribution in [-0.4, -0.2) is 4.87 Å². The van der Waals surface area contributed by atoms with Gasteiger partial charge in [-0.1, -0.05) is 40.2 Å². The van der Waals surface area contributed by atoms with Crippen molar-refractivity contribution in [2.45, 2.75) is 31.6 Å². The van der Waals surface area contributed by atoms with Crippen molar-refractivity contribution in [2.75, 3.05) is 11.1 Å². The highest BCUT2D eigenvalue weighted by Crippen LogP contribution is 2.65. The molecule has 0 radical (unpaired) electrons. The molecule has 3 N–H and O–H groups in total. The molecular formula is C26H23BrCl2F2N2. The highest BCUT2D eigenvalue weighted by molar-refractivity contribution is 9.10. The molecule has 172 valence electrons. The van der Waals surface area contributed by atoms with E-state index in [1.807, 2.05) is 6.92 Å². The molecule has 0 bridgehead atoms. The molecule has 2 nitrogen and oxygen atoms in total. The van der Waals surface area contributed by atoms with Crippen molar-refractivity contribution in [3.63, 3.8) is 0 Å². The van der Waals surface area contributed by atoms with Crippen LogP contribution in [0.3, 0.4) is 0 Å². The second kappa shape index (κ2) is 8.61. The van der Waals surface area contributed by atoms with Gasteiger partial charge in [0.05, 0.1) is 4.87 Å². The molecular weight excluding hydrogens is 529 g/mol. The van der Waals surface area contributed by atoms with Crippen LogP contribution < -0.4 is 11.1 Å². The third-order valence-corrected chi connectivity index (χ3v) is 8.11. The normalized spacial score (nSPS) is 21.7. The Balaban J connectivity index is 1.61. The minimum absolute atomic E-state index is 0.00879. The number of anilines is 2. The van der Waals surface area contributed by atoms with E-state index in [2.05, 4.69) is 53.8 Å². The van der Waals surface area contributed by atoms with Gasteiger partial charge in [-0.3, -0.25) is 0 Å². The summed E-state index contributed by atoms with van der Waals surface area (Å²) in [5.41, 5.74) is 10.5. The molecule has 0 spiro atoms. The van der Waals surface area contributed by atoms with E-state index in [9.17, 15) is 8.78 Å². The van der Waals surface area contributed by atoms with Gasteiger partial charge in [0.2, 0.25) is 0 Å². The van der Waals surface area contributed by atoms with Crippen molar-refractivity contribution in [3.05, 3.63) is 92.6 Å². The van der Waals surface area contributed by atoms with Crippen LogP contribution in [0.25, 0.3) is 11.1 Å². The highest BCUT2D eigenvalue weighted by atomic mass is 79.9. The molecule has 1 aliphatic rings. The van der Waals surface area contributed by atoms with E-state index in [1.54, 1.807) is 18.2 Å². The summed E-state index contributed by atoms with van der Waals surface area (Å²) in [7, 11) is 0. The molecule has 4 rings (SSSR count). The van der Waals surface area contributed by atoms with Crippen molar-refractivity contribution in [1.82, 2.24) is 0 Å². The quantitative estimate of drug-likeness (QED) is 0.246. The summed E-state index contributed by atoms with van der Waals surface area (Å²) in [6, 6.07) is 11.8. The molecule has 1 fully saturated rings. The van der Waals surface area contributed by atoms with Crippen molar-refractivity contribution in [1.29, 1.82) is 0 Å². The van der Waals surface area contributed by atoms with Gasteiger partial charge in [-0.15, -0.1) is 11.6 Å². The molecule has 3 atom stereocenters. The third-order valence-electron chi connectivity index (χ3n) is 6.49. The van der Waals surface area contributed by atoms with E-state index in [-0.39, 0.29) is 17.4 Å². The average Bonchev–Trinajstić information content (AvgIpc) is 3.34. The number of halogens is 5. The first-order chi connectivity index (χ1) is 15.4. The topological polar surface area (TPSA) is 38.0 Å². The Morgan fingerprint density at radius 1 is 1.12 bits per heavy atom. The van der Waals surface area contributed by atoms with Crippen LogP contribution in [0.1, 0.15) is 29.5 Å². The molecule has 0 aromatic heterocycles. The van der Waals surface area contributed by atoms with E-state index in [1.165, 1.54) is 17.2 Å². The number of nitrogens with two attached hydrogens (primary N) is 1. The molecule has 0 saturated heterocycles. The predicted molar refractivity (Wildman–Crippen MR) is 138 cm³/mol. The Morgan fingerprint density at radius 3 is 2.48 bits per heavy atom. The van der Waals surface area contributed by atoms with Crippen LogP contribution in [-0.2, 0) is 0 Å². The van der Waals surface area contributed by atoms with Crippen LogP contribution in [0.2, 0.25) is 5.02 Å². The number of rotatable bonds is 5. The first-order valence-corrected chi connectivity index (χ1v) is 11.9. The Kier molecular flexibility index (Phi) is 6.27. The van der Waals surface area contributed by atoms with Crippen molar-refractivity contribution in [2.24, 2.45) is 5.92 Å². The van der Waals surface area contributed by atoms with Crippen LogP contribution in [0.5, 0.6) is 0 Å². The van der Waals surface area contributed by atoms with E-state index in [0.29, 0.717) is 16.3 Å². The van der Waals surface area contributed by atoms with E-state index < -0.39 is 22.2 Å². The minimum Gasteiger partial charge on any atom is -0.394 e. The molecule has 1 aliphatic carbocycles. The number of hydrogen-bond donors (Lipinski definition) is 2. The lowest BCUT2D eigenvalue weighted by Gasteiger charge is -2.14. The second-order valence-corrected chi connectivity index (χ2v) is 10.8. The zero-order valence-corrected chi connectivity index (χ0v) is 21.5. The summed E-state index contributed by atoms with van der Waals surface area (Å²) in [5, 5.41) is 3.63. The van der Waals surface area contributed by atoms with Gasteiger partial charge in [0.1, 0.15) is 11.5 Å². The van der Waals surface area contributed by atoms with Crippen LogP contribution in [0.15, 0.2) is 59.2 Å². The zero-order valence-electron chi connectivity index (χ0n) is 18.4. The van der Waals surface area contributed by atoms with E-state index >= 15 is 0 Å². The summed E-state index contributed by atoms with van der Waals surface area (Å²) in [6.45, 7) is 10.4. The molecule has 1 saturated carbocycles. The fourth-order valence-corrected chi connectivity index (χ4v) is 5.66. The summed E-state index contributed by atoms with van der Waals surface area (Å²) in [4.78, 5) is -0.488. The smallest absolute Gasteiger partial charge is 0.156 e. The molecule has 0 heterocycles. The monoisotopic (exact) mass is 550 g/mol. The fraction of sp³-hybridized carbons (Fsp3) is 0.231. The Bertz CT molecular complexity index is 1270. The van der Waals surface area contributed by atoms with Gasteiger partial charge in [-0.2, -0.15) is 0 Å². The van der Waals surface area contributed by atoms with Crippen LogP contribution >= 0.6 is 39.1 Å². The van der Waals surface area contributed by atoms with Gasteiger partial charge in [0, 0.05) is 43.8 Å². The fourth-order valence-electron chi connectivity index (χ4n) is 4.41. The lowest BCUT2D eigenvalue weighted by atomic mass is 10.0. The third kappa shape index (κ3) is 4.27. The molecule has 3 aromatic carbocycles. The lowest BCUT2D eigenvalue weighted by Crippen LogP contribution is -2.05. The lowest BCUT2D eigenvalue weighted by molar-refractivity contribution is 0.594. The molecule has 33 heavy (non-hydrogen) atoms. The summed E-state index contributed by atoms with van der Waals surface area (Å²) >= 11 is 16.8. The molecule has 0 amide bonds. The first kappa shape index (κ1) is 24.1. The zero-order chi connectivity index (χ0) is 24.2. The number of hydrogen-bond acceptors (Lipinski definition) is 2. The maximum atomic E-state index is 14.6. The highest BCUT2D eigenvalue weighted by Gasteiger charge is 2.62. The Labute approximate surface area is 210 Å². The summed E-state index contributed by atoms with van der Waals surface area (Å²) in [5.74, 6) is -1.57. The van der Waals surface area contributed by atoms with Crippen LogP contribution in [0, 0.1) is 31.4 Å². The largest absolute Gasteiger partial charge is 0.394 e. The number of allylic oxidation sites excluding steroid dienone is 1. The maximum Gasteiger partial charge on any atom is 0.156 e. The van der Waals surface area contributed by atoms with Crippen LogP contribution in [0.4, 0.5) is 20.2 Å². The molecule has 7 heteroatoms. The number of aryl methyl sites for hydroxylation is 1. The summed E-state index contributed by atoms with van der Waals surface area (Å²) < 4.78 is 29.3.